The lowest BCUT2D eigenvalue weighted by Gasteiger charge is -2.13. The number of carbonyl (C=O) groups excluding carboxylic acids is 3. The number of hydrogen-bond donors (Lipinski definition) is 3. The van der Waals surface area contributed by atoms with Gasteiger partial charge in [0.05, 0.1) is 12.1 Å². The molecule has 0 unspecified atom stereocenters. The van der Waals surface area contributed by atoms with Crippen molar-refractivity contribution in [3.8, 4) is 5.75 Å². The van der Waals surface area contributed by atoms with Gasteiger partial charge in [0, 0.05) is 18.8 Å². The second-order valence-electron chi connectivity index (χ2n) is 4.78. The average molecular weight is 319 g/mol. The molecule has 2 rings (SSSR count). The second-order valence-corrected chi connectivity index (χ2v) is 4.78. The Kier molecular flexibility index (Phi) is 5.19. The van der Waals surface area contributed by atoms with Gasteiger partial charge in [-0.15, -0.1) is 0 Å². The van der Waals surface area contributed by atoms with E-state index in [2.05, 4.69) is 17.2 Å². The number of nitrogens with one attached hydrogen (secondary N) is 2. The number of hydrogen-bond acceptors (Lipinski definition) is 5. The fraction of sp³-hybridized carbons (Fsp3) is 0.267. The maximum atomic E-state index is 12.1. The van der Waals surface area contributed by atoms with Crippen LogP contribution < -0.4 is 10.6 Å². The van der Waals surface area contributed by atoms with E-state index in [1.807, 2.05) is 0 Å². The summed E-state index contributed by atoms with van der Waals surface area (Å²) in [7, 11) is 0. The van der Waals surface area contributed by atoms with E-state index in [-0.39, 0.29) is 17.9 Å². The Hall–Kier alpha value is -3.03. The maximum absolute atomic E-state index is 12.1. The number of ether oxygens (including phenoxy) is 1. The summed E-state index contributed by atoms with van der Waals surface area (Å²) in [6.07, 6.45) is 0.693. The summed E-state index contributed by atoms with van der Waals surface area (Å²) >= 11 is 0. The van der Waals surface area contributed by atoms with Gasteiger partial charge in [0.25, 0.3) is 5.91 Å². The average Bonchev–Trinajstić information content (AvgIpc) is 2.94. The molecule has 0 spiro atoms. The predicted octanol–water partition coefficient (Wildman–Crippen LogP) is 0.699. The quantitative estimate of drug-likeness (QED) is 0.528. The number of cyclic esters (lactones) is 1. The zero-order valence-electron chi connectivity index (χ0n) is 12.4. The van der Waals surface area contributed by atoms with Gasteiger partial charge in [-0.3, -0.25) is 9.59 Å². The number of carbonyl (C=O) groups is 3. The van der Waals surface area contributed by atoms with Crippen LogP contribution >= 0.6 is 0 Å². The SMILES string of the molecule is C=CC(=O)Nc1ccc(O)c(C(=O)NCCN2CCOC2=O)c1. The highest BCUT2D eigenvalue weighted by Gasteiger charge is 2.21. The second kappa shape index (κ2) is 7.30. The summed E-state index contributed by atoms with van der Waals surface area (Å²) in [6.45, 7) is 4.70. The number of benzene rings is 1. The molecule has 3 N–H and O–H groups in total. The molecule has 1 heterocycles. The maximum Gasteiger partial charge on any atom is 0.409 e. The van der Waals surface area contributed by atoms with Gasteiger partial charge in [-0.1, -0.05) is 6.58 Å². The molecule has 0 atom stereocenters. The molecule has 3 amide bonds. The van der Waals surface area contributed by atoms with Crippen molar-refractivity contribution in [1.29, 1.82) is 0 Å². The summed E-state index contributed by atoms with van der Waals surface area (Å²) in [4.78, 5) is 36.1. The third-order valence-electron chi connectivity index (χ3n) is 3.21. The van der Waals surface area contributed by atoms with E-state index in [0.717, 1.165) is 6.08 Å². The molecule has 0 aliphatic carbocycles. The van der Waals surface area contributed by atoms with Crippen molar-refractivity contribution in [2.45, 2.75) is 0 Å². The van der Waals surface area contributed by atoms with E-state index >= 15 is 0 Å². The number of rotatable bonds is 6. The number of anilines is 1. The van der Waals surface area contributed by atoms with Gasteiger partial charge >= 0.3 is 6.09 Å². The van der Waals surface area contributed by atoms with E-state index in [9.17, 15) is 19.5 Å². The molecule has 1 aromatic carbocycles. The number of phenolic OH excluding ortho intramolecular Hbond substituents is 1. The first-order chi connectivity index (χ1) is 11.0. The molecule has 8 heteroatoms. The molecule has 23 heavy (non-hydrogen) atoms. The lowest BCUT2D eigenvalue weighted by molar-refractivity contribution is -0.111. The Balaban J connectivity index is 1.95. The monoisotopic (exact) mass is 319 g/mol. The third-order valence-corrected chi connectivity index (χ3v) is 3.21. The van der Waals surface area contributed by atoms with Gasteiger partial charge in [0.1, 0.15) is 12.4 Å². The van der Waals surface area contributed by atoms with Crippen LogP contribution in [-0.4, -0.2) is 54.2 Å². The van der Waals surface area contributed by atoms with Crippen LogP contribution in [0.25, 0.3) is 0 Å². The van der Waals surface area contributed by atoms with Crippen LogP contribution in [0.1, 0.15) is 10.4 Å². The first kappa shape index (κ1) is 16.3. The Morgan fingerprint density at radius 2 is 2.22 bits per heavy atom. The molecule has 0 saturated carbocycles. The summed E-state index contributed by atoms with van der Waals surface area (Å²) in [6, 6.07) is 4.13. The van der Waals surface area contributed by atoms with Crippen molar-refractivity contribution < 1.29 is 24.2 Å². The van der Waals surface area contributed by atoms with Crippen LogP contribution in [0, 0.1) is 0 Å². The lowest BCUT2D eigenvalue weighted by atomic mass is 10.1. The Labute approximate surface area is 132 Å². The standard InChI is InChI=1S/C15H17N3O5/c1-2-13(20)17-10-3-4-12(19)11(9-10)14(21)16-5-6-18-7-8-23-15(18)22/h2-4,9,19H,1,5-8H2,(H,16,21)(H,17,20). The third kappa shape index (κ3) is 4.22. The van der Waals surface area contributed by atoms with E-state index in [4.69, 9.17) is 4.74 Å². The minimum Gasteiger partial charge on any atom is -0.507 e. The van der Waals surface area contributed by atoms with Gasteiger partial charge in [-0.2, -0.15) is 0 Å². The molecule has 0 aromatic heterocycles. The minimum atomic E-state index is -0.509. The molecule has 1 aromatic rings. The fourth-order valence-electron chi connectivity index (χ4n) is 2.02. The highest BCUT2D eigenvalue weighted by molar-refractivity contribution is 6.01. The van der Waals surface area contributed by atoms with Gasteiger partial charge in [-0.25, -0.2) is 4.79 Å². The van der Waals surface area contributed by atoms with Gasteiger partial charge in [0.15, 0.2) is 0 Å². The number of phenols is 1. The zero-order valence-corrected chi connectivity index (χ0v) is 12.4. The molecule has 1 fully saturated rings. The van der Waals surface area contributed by atoms with Gasteiger partial charge < -0.3 is 25.4 Å². The van der Waals surface area contributed by atoms with Crippen molar-refractivity contribution in [2.75, 3.05) is 31.6 Å². The fourth-order valence-corrected chi connectivity index (χ4v) is 2.02. The summed E-state index contributed by atoms with van der Waals surface area (Å²) in [5, 5.41) is 14.9. The molecule has 1 aliphatic heterocycles. The Morgan fingerprint density at radius 1 is 1.43 bits per heavy atom. The van der Waals surface area contributed by atoms with Crippen molar-refractivity contribution in [1.82, 2.24) is 10.2 Å². The van der Waals surface area contributed by atoms with E-state index in [0.29, 0.717) is 25.4 Å². The van der Waals surface area contributed by atoms with Crippen molar-refractivity contribution in [2.24, 2.45) is 0 Å². The van der Waals surface area contributed by atoms with E-state index in [1.54, 1.807) is 0 Å². The van der Waals surface area contributed by atoms with Crippen LogP contribution in [0.5, 0.6) is 5.75 Å². The van der Waals surface area contributed by atoms with Crippen LogP contribution in [0.4, 0.5) is 10.5 Å². The smallest absolute Gasteiger partial charge is 0.409 e. The van der Waals surface area contributed by atoms with Crippen molar-refractivity contribution in [3.05, 3.63) is 36.4 Å². The predicted molar refractivity (Wildman–Crippen MR) is 82.2 cm³/mol. The van der Waals surface area contributed by atoms with Crippen LogP contribution in [-0.2, 0) is 9.53 Å². The zero-order chi connectivity index (χ0) is 16.8. The van der Waals surface area contributed by atoms with Crippen molar-refractivity contribution >= 4 is 23.6 Å². The van der Waals surface area contributed by atoms with E-state index < -0.39 is 17.9 Å². The Morgan fingerprint density at radius 3 is 2.87 bits per heavy atom. The first-order valence-electron chi connectivity index (χ1n) is 6.97. The van der Waals surface area contributed by atoms with E-state index in [1.165, 1.54) is 23.1 Å². The summed E-state index contributed by atoms with van der Waals surface area (Å²) in [5.41, 5.74) is 0.386. The molecule has 122 valence electrons. The molecule has 1 aliphatic rings. The number of amides is 3. The highest BCUT2D eigenvalue weighted by Crippen LogP contribution is 2.21. The van der Waals surface area contributed by atoms with Gasteiger partial charge in [0.2, 0.25) is 5.91 Å². The topological polar surface area (TPSA) is 108 Å². The molecule has 0 bridgehead atoms. The summed E-state index contributed by atoms with van der Waals surface area (Å²) in [5.74, 6) is -1.14. The van der Waals surface area contributed by atoms with Crippen LogP contribution in [0.15, 0.2) is 30.9 Å². The normalized spacial score (nSPS) is 13.4. The van der Waals surface area contributed by atoms with Crippen LogP contribution in [0.3, 0.4) is 0 Å². The molecular weight excluding hydrogens is 302 g/mol. The first-order valence-corrected chi connectivity index (χ1v) is 6.97. The number of aromatic hydroxyl groups is 1. The number of nitrogens with zero attached hydrogens (tertiary/aromatic N) is 1. The molecule has 0 radical (unpaired) electrons. The van der Waals surface area contributed by atoms with Crippen molar-refractivity contribution in [3.63, 3.8) is 0 Å². The largest absolute Gasteiger partial charge is 0.507 e. The summed E-state index contributed by atoms with van der Waals surface area (Å²) < 4.78 is 4.78. The van der Waals surface area contributed by atoms with Crippen LogP contribution in [0.2, 0.25) is 0 Å². The molecule has 1 saturated heterocycles. The lowest BCUT2D eigenvalue weighted by Crippen LogP contribution is -2.35. The Bertz CT molecular complexity index is 644. The molecular formula is C15H17N3O5. The molecule has 8 nitrogen and oxygen atoms in total. The van der Waals surface area contributed by atoms with Gasteiger partial charge in [-0.05, 0) is 24.3 Å². The minimum absolute atomic E-state index is 0.0239. The highest BCUT2D eigenvalue weighted by atomic mass is 16.6.